The molecule has 4 heteroatoms. The molecular weight excluding hydrogens is 388 g/mol. The number of ether oxygens (including phenoxy) is 2. The highest BCUT2D eigenvalue weighted by Gasteiger charge is 2.35. The van der Waals surface area contributed by atoms with E-state index < -0.39 is 0 Å². The van der Waals surface area contributed by atoms with Crippen molar-refractivity contribution in [2.45, 2.75) is 13.0 Å². The smallest absolute Gasteiger partial charge is 0.198 e. The normalized spacial score (nSPS) is 12.0. The average Bonchev–Trinajstić information content (AvgIpc) is 2.80. The number of ketones is 2. The first-order chi connectivity index (χ1) is 15.2. The fourth-order valence-corrected chi connectivity index (χ4v) is 3.74. The Balaban J connectivity index is 1.82. The molecule has 0 amide bonds. The van der Waals surface area contributed by atoms with Crippen molar-refractivity contribution in [1.82, 2.24) is 0 Å². The van der Waals surface area contributed by atoms with Crippen LogP contribution < -0.4 is 9.47 Å². The van der Waals surface area contributed by atoms with Crippen LogP contribution in [0.25, 0.3) is 0 Å². The number of carbonyl (C=O) groups excluding carboxylic acids is 2. The van der Waals surface area contributed by atoms with Crippen LogP contribution in [0.1, 0.15) is 43.0 Å². The second-order valence-corrected chi connectivity index (χ2v) is 7.18. The van der Waals surface area contributed by atoms with Crippen molar-refractivity contribution in [3.63, 3.8) is 0 Å². The summed E-state index contributed by atoms with van der Waals surface area (Å²) in [5.41, 5.74) is 3.01. The van der Waals surface area contributed by atoms with E-state index in [-0.39, 0.29) is 30.3 Å². The summed E-state index contributed by atoms with van der Waals surface area (Å²) in [6, 6.07) is 18.3. The van der Waals surface area contributed by atoms with Crippen LogP contribution in [0.3, 0.4) is 0 Å². The Morgan fingerprint density at radius 1 is 0.742 bits per heavy atom. The Kier molecular flexibility index (Phi) is 5.80. The summed E-state index contributed by atoms with van der Waals surface area (Å²) >= 11 is 0. The van der Waals surface area contributed by atoms with Crippen LogP contribution in [0, 0.1) is 0 Å². The molecule has 3 aromatic carbocycles. The lowest BCUT2D eigenvalue weighted by atomic mass is 9.82. The number of carbonyl (C=O) groups is 2. The molecule has 31 heavy (non-hydrogen) atoms. The predicted molar refractivity (Wildman–Crippen MR) is 120 cm³/mol. The first-order valence-electron chi connectivity index (χ1n) is 10.0. The van der Waals surface area contributed by atoms with E-state index in [0.29, 0.717) is 34.6 Å². The second-order valence-electron chi connectivity index (χ2n) is 7.18. The van der Waals surface area contributed by atoms with Gasteiger partial charge in [-0.25, -0.2) is 0 Å². The van der Waals surface area contributed by atoms with Crippen LogP contribution in [0.15, 0.2) is 86.0 Å². The van der Waals surface area contributed by atoms with E-state index in [2.05, 4.69) is 13.2 Å². The van der Waals surface area contributed by atoms with Gasteiger partial charge in [0.25, 0.3) is 0 Å². The maximum Gasteiger partial charge on any atom is 0.198 e. The van der Waals surface area contributed by atoms with Crippen molar-refractivity contribution in [3.05, 3.63) is 119 Å². The monoisotopic (exact) mass is 410 g/mol. The minimum atomic E-state index is -0.251. The Bertz CT molecular complexity index is 1180. The van der Waals surface area contributed by atoms with Crippen molar-refractivity contribution in [1.29, 1.82) is 0 Å². The van der Waals surface area contributed by atoms with Gasteiger partial charge >= 0.3 is 0 Å². The molecule has 0 heterocycles. The number of hydrogen-bond donors (Lipinski definition) is 0. The van der Waals surface area contributed by atoms with Gasteiger partial charge in [0.2, 0.25) is 0 Å². The number of hydrogen-bond acceptors (Lipinski definition) is 4. The Morgan fingerprint density at radius 3 is 2.23 bits per heavy atom. The highest BCUT2D eigenvalue weighted by Crippen LogP contribution is 2.39. The van der Waals surface area contributed by atoms with Gasteiger partial charge < -0.3 is 9.47 Å². The first-order valence-corrected chi connectivity index (χ1v) is 10.0. The van der Waals surface area contributed by atoms with Gasteiger partial charge in [0, 0.05) is 11.1 Å². The molecule has 0 saturated carbocycles. The fraction of sp³-hybridized carbons (Fsp3) is 0.111. The fourth-order valence-electron chi connectivity index (χ4n) is 3.74. The zero-order chi connectivity index (χ0) is 21.8. The summed E-state index contributed by atoms with van der Waals surface area (Å²) in [5.74, 6) is 0.313. The second kappa shape index (κ2) is 8.84. The maximum absolute atomic E-state index is 13.5. The van der Waals surface area contributed by atoms with Gasteiger partial charge in [0.15, 0.2) is 11.6 Å². The van der Waals surface area contributed by atoms with E-state index in [1.165, 1.54) is 0 Å². The number of fused-ring (bicyclic) bond motifs is 2. The highest BCUT2D eigenvalue weighted by atomic mass is 16.5. The number of benzene rings is 3. The molecule has 4 nitrogen and oxygen atoms in total. The lowest BCUT2D eigenvalue weighted by Crippen LogP contribution is -2.23. The molecule has 0 unspecified atom stereocenters. The minimum Gasteiger partial charge on any atom is -0.489 e. The van der Waals surface area contributed by atoms with E-state index in [1.54, 1.807) is 36.4 Å². The van der Waals surface area contributed by atoms with Gasteiger partial charge in [-0.1, -0.05) is 67.3 Å². The summed E-state index contributed by atoms with van der Waals surface area (Å²) in [6.45, 7) is 7.98. The van der Waals surface area contributed by atoms with Crippen LogP contribution in [-0.4, -0.2) is 18.2 Å². The lowest BCUT2D eigenvalue weighted by molar-refractivity contribution is 0.0972. The number of allylic oxidation sites excluding steroid dienone is 1. The largest absolute Gasteiger partial charge is 0.489 e. The van der Waals surface area contributed by atoms with E-state index in [9.17, 15) is 9.59 Å². The van der Waals surface area contributed by atoms with Crippen LogP contribution in [0.4, 0.5) is 0 Å². The molecule has 0 fully saturated rings. The SMILES string of the molecule is C=CCOc1cccc2c1C(=O)c1ccc(CC=C)c(OCc3ccccc3)c1C2=O. The molecule has 0 aliphatic heterocycles. The standard InChI is InChI=1S/C27H22O4/c1-3-9-19-14-15-21-24(27(19)31-17-18-10-6-5-7-11-18)26(29)20-12-8-13-22(30-16-4-2)23(20)25(21)28/h3-8,10-15H,1-2,9,16-17H2. The third-order valence-electron chi connectivity index (χ3n) is 5.16. The Hall–Kier alpha value is -3.92. The van der Waals surface area contributed by atoms with Gasteiger partial charge in [-0.15, -0.1) is 6.58 Å². The molecule has 0 radical (unpaired) electrons. The zero-order valence-corrected chi connectivity index (χ0v) is 17.1. The van der Waals surface area contributed by atoms with E-state index in [0.717, 1.165) is 11.1 Å². The van der Waals surface area contributed by atoms with Crippen molar-refractivity contribution in [2.24, 2.45) is 0 Å². The summed E-state index contributed by atoms with van der Waals surface area (Å²) < 4.78 is 11.8. The van der Waals surface area contributed by atoms with Crippen LogP contribution >= 0.6 is 0 Å². The number of rotatable bonds is 8. The van der Waals surface area contributed by atoms with Crippen molar-refractivity contribution < 1.29 is 19.1 Å². The topological polar surface area (TPSA) is 52.6 Å². The van der Waals surface area contributed by atoms with E-state index >= 15 is 0 Å². The molecule has 0 N–H and O–H groups in total. The molecule has 0 spiro atoms. The van der Waals surface area contributed by atoms with Gasteiger partial charge in [-0.3, -0.25) is 9.59 Å². The van der Waals surface area contributed by atoms with Crippen molar-refractivity contribution in [3.8, 4) is 11.5 Å². The molecule has 0 aromatic heterocycles. The maximum atomic E-state index is 13.5. The summed E-state index contributed by atoms with van der Waals surface area (Å²) in [4.78, 5) is 26.9. The quantitative estimate of drug-likeness (QED) is 0.368. The van der Waals surface area contributed by atoms with Crippen LogP contribution in [0.5, 0.6) is 11.5 Å². The van der Waals surface area contributed by atoms with Gasteiger partial charge in [0.05, 0.1) is 11.1 Å². The molecule has 4 rings (SSSR count). The molecule has 1 aliphatic rings. The lowest BCUT2D eigenvalue weighted by Gasteiger charge is -2.23. The average molecular weight is 410 g/mol. The van der Waals surface area contributed by atoms with E-state index in [1.807, 2.05) is 36.4 Å². The minimum absolute atomic E-state index is 0.245. The van der Waals surface area contributed by atoms with Crippen molar-refractivity contribution >= 4 is 11.6 Å². The van der Waals surface area contributed by atoms with Crippen molar-refractivity contribution in [2.75, 3.05) is 6.61 Å². The summed E-state index contributed by atoms with van der Waals surface area (Å²) in [7, 11) is 0. The van der Waals surface area contributed by atoms with E-state index in [4.69, 9.17) is 9.47 Å². The van der Waals surface area contributed by atoms with Gasteiger partial charge in [-0.05, 0) is 29.7 Å². The molecule has 0 saturated heterocycles. The molecule has 3 aromatic rings. The third kappa shape index (κ3) is 3.80. The molecular formula is C27H22O4. The van der Waals surface area contributed by atoms with Gasteiger partial charge in [0.1, 0.15) is 24.7 Å². The van der Waals surface area contributed by atoms with Crippen LogP contribution in [-0.2, 0) is 13.0 Å². The third-order valence-corrected chi connectivity index (χ3v) is 5.16. The molecule has 0 atom stereocenters. The van der Waals surface area contributed by atoms with Gasteiger partial charge in [-0.2, -0.15) is 0 Å². The highest BCUT2D eigenvalue weighted by molar-refractivity contribution is 6.30. The Labute approximate surface area is 181 Å². The molecule has 154 valence electrons. The molecule has 0 bridgehead atoms. The van der Waals surface area contributed by atoms with Crippen LogP contribution in [0.2, 0.25) is 0 Å². The predicted octanol–water partition coefficient (Wildman–Crippen LogP) is 5.33. The first kappa shape index (κ1) is 20.4. The summed E-state index contributed by atoms with van der Waals surface area (Å²) in [6.07, 6.45) is 3.87. The molecule has 1 aliphatic carbocycles. The Morgan fingerprint density at radius 2 is 1.48 bits per heavy atom. The summed E-state index contributed by atoms with van der Waals surface area (Å²) in [5, 5.41) is 0. The zero-order valence-electron chi connectivity index (χ0n) is 17.1.